The molecule has 1 aliphatic rings. The van der Waals surface area contributed by atoms with Crippen molar-refractivity contribution in [3.8, 4) is 0 Å². The van der Waals surface area contributed by atoms with E-state index in [-0.39, 0.29) is 0 Å². The monoisotopic (exact) mass is 314 g/mol. The number of hydrogen-bond donors (Lipinski definition) is 0. The van der Waals surface area contributed by atoms with E-state index < -0.39 is 0 Å². The zero-order chi connectivity index (χ0) is 16.6. The fourth-order valence-electron chi connectivity index (χ4n) is 2.73. The molecule has 0 amide bonds. The van der Waals surface area contributed by atoms with E-state index in [4.69, 9.17) is 0 Å². The molecule has 1 rings (SSSR count). The van der Waals surface area contributed by atoms with Crippen molar-refractivity contribution < 1.29 is 4.79 Å². The SMILES string of the molecule is CCCCC/C=C\C/C=C\CCCCCCC(=O)C1=CC=CC1. The van der Waals surface area contributed by atoms with Crippen LogP contribution in [0.25, 0.3) is 0 Å². The van der Waals surface area contributed by atoms with Crippen LogP contribution in [0.2, 0.25) is 0 Å². The van der Waals surface area contributed by atoms with Crippen molar-refractivity contribution in [2.75, 3.05) is 0 Å². The van der Waals surface area contributed by atoms with E-state index in [2.05, 4.69) is 37.3 Å². The molecule has 23 heavy (non-hydrogen) atoms. The summed E-state index contributed by atoms with van der Waals surface area (Å²) in [7, 11) is 0. The third-order valence-electron chi connectivity index (χ3n) is 4.23. The van der Waals surface area contributed by atoms with E-state index >= 15 is 0 Å². The van der Waals surface area contributed by atoms with Gasteiger partial charge in [-0.1, -0.05) is 75.1 Å². The Morgan fingerprint density at radius 1 is 0.957 bits per heavy atom. The Kier molecular flexibility index (Phi) is 12.2. The maximum atomic E-state index is 11.8. The highest BCUT2D eigenvalue weighted by molar-refractivity contribution is 5.96. The summed E-state index contributed by atoms with van der Waals surface area (Å²) in [5.41, 5.74) is 0.996. The minimum absolute atomic E-state index is 0.348. The smallest absolute Gasteiger partial charge is 0.159 e. The van der Waals surface area contributed by atoms with E-state index in [9.17, 15) is 4.79 Å². The van der Waals surface area contributed by atoms with Crippen molar-refractivity contribution in [1.82, 2.24) is 0 Å². The molecule has 1 nitrogen and oxygen atoms in total. The lowest BCUT2D eigenvalue weighted by molar-refractivity contribution is -0.115. The largest absolute Gasteiger partial charge is 0.295 e. The maximum absolute atomic E-state index is 11.8. The molecule has 0 aromatic heterocycles. The molecule has 0 unspecified atom stereocenters. The number of hydrogen-bond acceptors (Lipinski definition) is 1. The summed E-state index contributed by atoms with van der Waals surface area (Å²) in [6, 6.07) is 0. The second kappa shape index (κ2) is 14.2. The predicted molar refractivity (Wildman–Crippen MR) is 102 cm³/mol. The fraction of sp³-hybridized carbons (Fsp3) is 0.591. The molecule has 0 radical (unpaired) electrons. The Labute approximate surface area is 143 Å². The van der Waals surface area contributed by atoms with Crippen LogP contribution in [0, 0.1) is 0 Å². The first kappa shape index (κ1) is 19.7. The van der Waals surface area contributed by atoms with Crippen molar-refractivity contribution in [1.29, 1.82) is 0 Å². The van der Waals surface area contributed by atoms with Gasteiger partial charge in [-0.25, -0.2) is 0 Å². The van der Waals surface area contributed by atoms with Crippen LogP contribution in [0.5, 0.6) is 0 Å². The predicted octanol–water partition coefficient (Wildman–Crippen LogP) is 6.87. The second-order valence-electron chi connectivity index (χ2n) is 6.37. The van der Waals surface area contributed by atoms with Gasteiger partial charge in [0.05, 0.1) is 0 Å². The van der Waals surface area contributed by atoms with Crippen molar-refractivity contribution >= 4 is 5.78 Å². The molecule has 0 saturated heterocycles. The fourth-order valence-corrected chi connectivity index (χ4v) is 2.73. The lowest BCUT2D eigenvalue weighted by atomic mass is 10.0. The molecule has 0 aliphatic heterocycles. The number of ketones is 1. The van der Waals surface area contributed by atoms with Gasteiger partial charge in [0, 0.05) is 6.42 Å². The standard InChI is InChI=1S/C22H34O/c1-2-3-4-5-6-7-8-9-10-11-12-13-14-15-20-22(23)21-18-16-17-19-21/h6-7,9-10,16-18H,2-5,8,11-15,19-20H2,1H3/b7-6-,10-9-. The third kappa shape index (κ3) is 10.9. The Morgan fingerprint density at radius 2 is 1.65 bits per heavy atom. The molecule has 0 heterocycles. The molecule has 1 aliphatic carbocycles. The third-order valence-corrected chi connectivity index (χ3v) is 4.23. The number of carbonyl (C=O) groups excluding carboxylic acids is 1. The van der Waals surface area contributed by atoms with Crippen molar-refractivity contribution in [2.24, 2.45) is 0 Å². The Balaban J connectivity index is 1.85. The molecular weight excluding hydrogens is 280 g/mol. The van der Waals surface area contributed by atoms with Gasteiger partial charge in [0.2, 0.25) is 0 Å². The number of unbranched alkanes of at least 4 members (excludes halogenated alkanes) is 7. The topological polar surface area (TPSA) is 17.1 Å². The number of allylic oxidation sites excluding steroid dienone is 8. The summed E-state index contributed by atoms with van der Waals surface area (Å²) in [4.78, 5) is 11.8. The summed E-state index contributed by atoms with van der Waals surface area (Å²) >= 11 is 0. The zero-order valence-corrected chi connectivity index (χ0v) is 14.9. The zero-order valence-electron chi connectivity index (χ0n) is 14.9. The van der Waals surface area contributed by atoms with Gasteiger partial charge < -0.3 is 0 Å². The summed E-state index contributed by atoms with van der Waals surface area (Å²) in [6.45, 7) is 2.25. The highest BCUT2D eigenvalue weighted by Crippen LogP contribution is 2.15. The molecule has 0 aromatic rings. The van der Waals surface area contributed by atoms with E-state index in [1.165, 1.54) is 51.4 Å². The average molecular weight is 315 g/mol. The van der Waals surface area contributed by atoms with E-state index in [1.807, 2.05) is 12.2 Å². The molecule has 1 heteroatoms. The minimum Gasteiger partial charge on any atom is -0.295 e. The van der Waals surface area contributed by atoms with Crippen LogP contribution in [-0.4, -0.2) is 5.78 Å². The van der Waals surface area contributed by atoms with Gasteiger partial charge in [-0.15, -0.1) is 0 Å². The lowest BCUT2D eigenvalue weighted by Gasteiger charge is -2.01. The van der Waals surface area contributed by atoms with Crippen LogP contribution in [0.15, 0.2) is 48.1 Å². The Bertz CT molecular complexity index is 423. The molecule has 128 valence electrons. The summed E-state index contributed by atoms with van der Waals surface area (Å²) in [6.07, 6.45) is 28.9. The normalized spacial score (nSPS) is 14.2. The van der Waals surface area contributed by atoms with Gasteiger partial charge in [-0.05, 0) is 50.5 Å². The van der Waals surface area contributed by atoms with Gasteiger partial charge >= 0.3 is 0 Å². The van der Waals surface area contributed by atoms with Gasteiger partial charge in [-0.3, -0.25) is 4.79 Å². The molecular formula is C22H34O. The van der Waals surface area contributed by atoms with Crippen LogP contribution in [0.3, 0.4) is 0 Å². The molecule has 0 fully saturated rings. The maximum Gasteiger partial charge on any atom is 0.159 e. The molecule has 0 N–H and O–H groups in total. The number of carbonyl (C=O) groups is 1. The Morgan fingerprint density at radius 3 is 2.30 bits per heavy atom. The molecule has 0 aromatic carbocycles. The highest BCUT2D eigenvalue weighted by Gasteiger charge is 2.09. The first-order valence-electron chi connectivity index (χ1n) is 9.53. The molecule has 0 bridgehead atoms. The van der Waals surface area contributed by atoms with E-state index in [0.29, 0.717) is 5.78 Å². The van der Waals surface area contributed by atoms with Crippen LogP contribution >= 0.6 is 0 Å². The van der Waals surface area contributed by atoms with Gasteiger partial charge in [-0.2, -0.15) is 0 Å². The average Bonchev–Trinajstić information content (AvgIpc) is 3.09. The molecule has 0 spiro atoms. The van der Waals surface area contributed by atoms with Gasteiger partial charge in [0.25, 0.3) is 0 Å². The quantitative estimate of drug-likeness (QED) is 0.253. The molecule has 0 atom stereocenters. The van der Waals surface area contributed by atoms with Crippen LogP contribution < -0.4 is 0 Å². The van der Waals surface area contributed by atoms with Crippen LogP contribution in [-0.2, 0) is 4.79 Å². The van der Waals surface area contributed by atoms with Gasteiger partial charge in [0.15, 0.2) is 5.78 Å². The number of Topliss-reactive ketones (excluding diaryl/α,β-unsaturated/α-hetero) is 1. The van der Waals surface area contributed by atoms with Crippen molar-refractivity contribution in [3.63, 3.8) is 0 Å². The van der Waals surface area contributed by atoms with Crippen LogP contribution in [0.4, 0.5) is 0 Å². The summed E-state index contributed by atoms with van der Waals surface area (Å²) in [5.74, 6) is 0.348. The second-order valence-corrected chi connectivity index (χ2v) is 6.37. The van der Waals surface area contributed by atoms with E-state index in [0.717, 1.165) is 31.3 Å². The summed E-state index contributed by atoms with van der Waals surface area (Å²) < 4.78 is 0. The summed E-state index contributed by atoms with van der Waals surface area (Å²) in [5, 5.41) is 0. The van der Waals surface area contributed by atoms with Gasteiger partial charge in [0.1, 0.15) is 0 Å². The molecule has 0 saturated carbocycles. The van der Waals surface area contributed by atoms with Crippen molar-refractivity contribution in [2.45, 2.75) is 84.0 Å². The van der Waals surface area contributed by atoms with Crippen LogP contribution in [0.1, 0.15) is 84.0 Å². The highest BCUT2D eigenvalue weighted by atomic mass is 16.1. The Hall–Kier alpha value is -1.37. The van der Waals surface area contributed by atoms with Crippen molar-refractivity contribution in [3.05, 3.63) is 48.1 Å². The number of rotatable bonds is 14. The lowest BCUT2D eigenvalue weighted by Crippen LogP contribution is -2.00. The minimum atomic E-state index is 0.348. The first-order chi connectivity index (χ1) is 11.3. The first-order valence-corrected chi connectivity index (χ1v) is 9.53. The van der Waals surface area contributed by atoms with E-state index in [1.54, 1.807) is 0 Å².